The van der Waals surface area contributed by atoms with E-state index in [1.54, 1.807) is 18.2 Å². The number of anilines is 2. The molecule has 0 aliphatic carbocycles. The first-order valence-corrected chi connectivity index (χ1v) is 10.7. The van der Waals surface area contributed by atoms with Gasteiger partial charge in [-0.3, -0.25) is 9.10 Å². The number of ether oxygens (including phenoxy) is 2. The van der Waals surface area contributed by atoms with Crippen LogP contribution in [0.25, 0.3) is 0 Å². The van der Waals surface area contributed by atoms with Crippen molar-refractivity contribution in [2.75, 3.05) is 30.1 Å². The molecule has 0 spiro atoms. The molecule has 0 heterocycles. The quantitative estimate of drug-likeness (QED) is 0.698. The summed E-state index contributed by atoms with van der Waals surface area (Å²) in [6.07, 6.45) is 0.998. The first-order valence-electron chi connectivity index (χ1n) is 8.05. The van der Waals surface area contributed by atoms with E-state index in [4.69, 9.17) is 32.7 Å². The topological polar surface area (TPSA) is 84.9 Å². The highest BCUT2D eigenvalue weighted by Gasteiger charge is 2.30. The molecule has 0 bridgehead atoms. The number of hydrogen-bond acceptors (Lipinski definition) is 5. The second kappa shape index (κ2) is 8.89. The summed E-state index contributed by atoms with van der Waals surface area (Å²) in [4.78, 5) is 12.8. The number of sulfonamides is 1. The Bertz CT molecular complexity index is 962. The fourth-order valence-electron chi connectivity index (χ4n) is 2.62. The van der Waals surface area contributed by atoms with Crippen LogP contribution < -0.4 is 19.1 Å². The molecule has 152 valence electrons. The summed E-state index contributed by atoms with van der Waals surface area (Å²) in [5.41, 5.74) is 0.525. The molecule has 0 fully saturated rings. The molecule has 1 atom stereocenters. The molecule has 0 saturated heterocycles. The van der Waals surface area contributed by atoms with Crippen molar-refractivity contribution in [3.8, 4) is 11.5 Å². The van der Waals surface area contributed by atoms with Gasteiger partial charge in [0.2, 0.25) is 15.9 Å². The lowest BCUT2D eigenvalue weighted by Crippen LogP contribution is -2.45. The normalized spacial score (nSPS) is 12.2. The van der Waals surface area contributed by atoms with Crippen LogP contribution in [-0.4, -0.2) is 40.8 Å². The fourth-order valence-corrected chi connectivity index (χ4v) is 4.30. The molecule has 1 amide bonds. The van der Waals surface area contributed by atoms with E-state index in [0.717, 1.165) is 10.6 Å². The maximum Gasteiger partial charge on any atom is 0.248 e. The van der Waals surface area contributed by atoms with Gasteiger partial charge < -0.3 is 14.8 Å². The number of halogens is 2. The molecule has 0 unspecified atom stereocenters. The number of nitrogens with one attached hydrogen (secondary N) is 1. The van der Waals surface area contributed by atoms with Crippen LogP contribution in [0.2, 0.25) is 10.0 Å². The minimum absolute atomic E-state index is 0.181. The Balaban J connectivity index is 2.40. The molecule has 2 rings (SSSR count). The summed E-state index contributed by atoms with van der Waals surface area (Å²) >= 11 is 12.0. The summed E-state index contributed by atoms with van der Waals surface area (Å²) in [5.74, 6) is 0.330. The molecule has 2 aromatic carbocycles. The third-order valence-corrected chi connectivity index (χ3v) is 5.53. The Labute approximate surface area is 174 Å². The number of methoxy groups -OCH3 is 2. The summed E-state index contributed by atoms with van der Waals surface area (Å²) in [7, 11) is -0.871. The van der Waals surface area contributed by atoms with Crippen LogP contribution in [-0.2, 0) is 14.8 Å². The Kier molecular flexibility index (Phi) is 7.03. The Hall–Kier alpha value is -2.16. The van der Waals surface area contributed by atoms with Gasteiger partial charge in [-0.05, 0) is 37.3 Å². The van der Waals surface area contributed by atoms with E-state index < -0.39 is 22.0 Å². The number of nitrogens with zero attached hydrogens (tertiary/aromatic N) is 1. The first kappa shape index (κ1) is 22.1. The monoisotopic (exact) mass is 446 g/mol. The summed E-state index contributed by atoms with van der Waals surface area (Å²) < 4.78 is 36.1. The van der Waals surface area contributed by atoms with Gasteiger partial charge in [-0.2, -0.15) is 0 Å². The van der Waals surface area contributed by atoms with E-state index in [0.29, 0.717) is 17.2 Å². The van der Waals surface area contributed by atoms with E-state index >= 15 is 0 Å². The number of hydrogen-bond donors (Lipinski definition) is 1. The number of rotatable bonds is 7. The maximum absolute atomic E-state index is 12.8. The Morgan fingerprint density at radius 1 is 1.07 bits per heavy atom. The van der Waals surface area contributed by atoms with E-state index in [2.05, 4.69) is 5.32 Å². The van der Waals surface area contributed by atoms with Gasteiger partial charge in [0.1, 0.15) is 17.5 Å². The zero-order valence-corrected chi connectivity index (χ0v) is 18.0. The van der Waals surface area contributed by atoms with Crippen molar-refractivity contribution in [1.29, 1.82) is 0 Å². The second-order valence-corrected chi connectivity index (χ2v) is 8.65. The summed E-state index contributed by atoms with van der Waals surface area (Å²) in [6, 6.07) is 8.09. The van der Waals surface area contributed by atoms with Crippen molar-refractivity contribution in [1.82, 2.24) is 0 Å². The Morgan fingerprint density at radius 2 is 1.68 bits per heavy atom. The van der Waals surface area contributed by atoms with E-state index in [1.165, 1.54) is 39.3 Å². The lowest BCUT2D eigenvalue weighted by Gasteiger charge is -2.28. The molecule has 28 heavy (non-hydrogen) atoms. The van der Waals surface area contributed by atoms with Crippen LogP contribution in [0.15, 0.2) is 36.4 Å². The lowest BCUT2D eigenvalue weighted by molar-refractivity contribution is -0.116. The summed E-state index contributed by atoms with van der Waals surface area (Å²) in [5, 5.41) is 3.17. The summed E-state index contributed by atoms with van der Waals surface area (Å²) in [6.45, 7) is 1.46. The van der Waals surface area contributed by atoms with Crippen molar-refractivity contribution in [3.63, 3.8) is 0 Å². The molecular weight excluding hydrogens is 427 g/mol. The minimum Gasteiger partial charge on any atom is -0.497 e. The predicted molar refractivity (Wildman–Crippen MR) is 111 cm³/mol. The predicted octanol–water partition coefficient (Wildman–Crippen LogP) is 3.80. The number of benzene rings is 2. The van der Waals surface area contributed by atoms with Crippen molar-refractivity contribution in [2.45, 2.75) is 13.0 Å². The maximum atomic E-state index is 12.8. The molecule has 0 saturated carbocycles. The van der Waals surface area contributed by atoms with Crippen LogP contribution in [0, 0.1) is 0 Å². The molecule has 10 heteroatoms. The molecule has 0 aliphatic rings. The Morgan fingerprint density at radius 3 is 2.18 bits per heavy atom. The van der Waals surface area contributed by atoms with E-state index in [-0.39, 0.29) is 15.7 Å². The van der Waals surface area contributed by atoms with Gasteiger partial charge in [0.25, 0.3) is 0 Å². The van der Waals surface area contributed by atoms with Crippen LogP contribution in [0.3, 0.4) is 0 Å². The van der Waals surface area contributed by atoms with Crippen LogP contribution in [0.5, 0.6) is 11.5 Å². The van der Waals surface area contributed by atoms with Crippen molar-refractivity contribution >= 4 is 50.5 Å². The highest BCUT2D eigenvalue weighted by molar-refractivity contribution is 7.92. The molecular formula is C18H20Cl2N2O5S. The van der Waals surface area contributed by atoms with Gasteiger partial charge in [-0.15, -0.1) is 0 Å². The van der Waals surface area contributed by atoms with Gasteiger partial charge in [0.05, 0.1) is 31.9 Å². The highest BCUT2D eigenvalue weighted by atomic mass is 35.5. The third kappa shape index (κ3) is 5.21. The number of amides is 1. The van der Waals surface area contributed by atoms with Crippen LogP contribution in [0.4, 0.5) is 11.4 Å². The van der Waals surface area contributed by atoms with Crippen LogP contribution in [0.1, 0.15) is 6.92 Å². The average Bonchev–Trinajstić information content (AvgIpc) is 2.59. The van der Waals surface area contributed by atoms with Crippen molar-refractivity contribution in [3.05, 3.63) is 46.4 Å². The van der Waals surface area contributed by atoms with Gasteiger partial charge >= 0.3 is 0 Å². The molecule has 0 radical (unpaired) electrons. The SMILES string of the molecule is COc1ccc(OC)c(NC(=O)[C@@H](C)N(c2cc(Cl)cc(Cl)c2)S(C)(=O)=O)c1. The van der Waals surface area contributed by atoms with Crippen molar-refractivity contribution < 1.29 is 22.7 Å². The van der Waals surface area contributed by atoms with E-state index in [9.17, 15) is 13.2 Å². The molecule has 1 N–H and O–H groups in total. The zero-order valence-electron chi connectivity index (χ0n) is 15.7. The van der Waals surface area contributed by atoms with Crippen molar-refractivity contribution in [2.24, 2.45) is 0 Å². The molecule has 0 aliphatic heterocycles. The van der Waals surface area contributed by atoms with Gasteiger partial charge in [-0.1, -0.05) is 23.2 Å². The number of carbonyl (C=O) groups is 1. The minimum atomic E-state index is -3.82. The number of carbonyl (C=O) groups excluding carboxylic acids is 1. The zero-order chi connectivity index (χ0) is 21.1. The van der Waals surface area contributed by atoms with Gasteiger partial charge in [-0.25, -0.2) is 8.42 Å². The van der Waals surface area contributed by atoms with Gasteiger partial charge in [0, 0.05) is 16.1 Å². The average molecular weight is 447 g/mol. The lowest BCUT2D eigenvalue weighted by atomic mass is 10.2. The largest absolute Gasteiger partial charge is 0.497 e. The van der Waals surface area contributed by atoms with Gasteiger partial charge in [0.15, 0.2) is 0 Å². The first-order chi connectivity index (χ1) is 13.1. The smallest absolute Gasteiger partial charge is 0.248 e. The molecule has 0 aromatic heterocycles. The van der Waals surface area contributed by atoms with Crippen LogP contribution >= 0.6 is 23.2 Å². The highest BCUT2D eigenvalue weighted by Crippen LogP contribution is 2.31. The standard InChI is InChI=1S/C18H20Cl2N2O5S/c1-11(18(23)21-16-10-15(26-2)5-6-17(16)27-3)22(28(4,24)25)14-8-12(19)7-13(20)9-14/h5-11H,1-4H3,(H,21,23)/t11-/m1/s1. The second-order valence-electron chi connectivity index (χ2n) is 5.92. The molecule has 7 nitrogen and oxygen atoms in total. The van der Waals surface area contributed by atoms with E-state index in [1.807, 2.05) is 0 Å². The fraction of sp³-hybridized carbons (Fsp3) is 0.278. The third-order valence-electron chi connectivity index (χ3n) is 3.85. The molecule has 2 aromatic rings.